The van der Waals surface area contributed by atoms with Gasteiger partial charge in [0.1, 0.15) is 11.6 Å². The van der Waals surface area contributed by atoms with Gasteiger partial charge >= 0.3 is 0 Å². The minimum atomic E-state index is 0.641. The van der Waals surface area contributed by atoms with Crippen LogP contribution in [-0.4, -0.2) is 17.1 Å². The van der Waals surface area contributed by atoms with Gasteiger partial charge in [-0.05, 0) is 37.6 Å². The minimum absolute atomic E-state index is 0.641. The van der Waals surface area contributed by atoms with Crippen LogP contribution in [0.1, 0.15) is 17.1 Å². The highest BCUT2D eigenvalue weighted by molar-refractivity contribution is 9.10. The van der Waals surface area contributed by atoms with E-state index < -0.39 is 0 Å². The van der Waals surface area contributed by atoms with Gasteiger partial charge in [-0.2, -0.15) is 0 Å². The molecule has 100 valence electrons. The SMILES string of the molecule is COc1cc(Br)cc(C)c1NCc1ccnc(C)n1. The minimum Gasteiger partial charge on any atom is -0.495 e. The zero-order valence-electron chi connectivity index (χ0n) is 11.2. The molecule has 0 saturated carbocycles. The molecule has 1 N–H and O–H groups in total. The van der Waals surface area contributed by atoms with Gasteiger partial charge in [-0.1, -0.05) is 15.9 Å². The van der Waals surface area contributed by atoms with Crippen molar-refractivity contribution in [1.82, 2.24) is 9.97 Å². The van der Waals surface area contributed by atoms with E-state index in [9.17, 15) is 0 Å². The summed E-state index contributed by atoms with van der Waals surface area (Å²) >= 11 is 3.47. The van der Waals surface area contributed by atoms with Crippen LogP contribution in [0.5, 0.6) is 5.75 Å². The Hall–Kier alpha value is -1.62. The molecule has 0 radical (unpaired) electrons. The van der Waals surface area contributed by atoms with Crippen molar-refractivity contribution in [3.05, 3.63) is 46.0 Å². The molecule has 4 nitrogen and oxygen atoms in total. The summed E-state index contributed by atoms with van der Waals surface area (Å²) in [6.45, 7) is 4.57. The monoisotopic (exact) mass is 321 g/mol. The van der Waals surface area contributed by atoms with E-state index in [0.29, 0.717) is 6.54 Å². The van der Waals surface area contributed by atoms with Crippen LogP contribution in [0.2, 0.25) is 0 Å². The average molecular weight is 322 g/mol. The molecule has 0 aliphatic heterocycles. The summed E-state index contributed by atoms with van der Waals surface area (Å²) in [7, 11) is 1.67. The third-order valence-electron chi connectivity index (χ3n) is 2.76. The lowest BCUT2D eigenvalue weighted by molar-refractivity contribution is 0.416. The summed E-state index contributed by atoms with van der Waals surface area (Å²) in [5, 5.41) is 3.37. The van der Waals surface area contributed by atoms with Crippen LogP contribution >= 0.6 is 15.9 Å². The van der Waals surface area contributed by atoms with Crippen LogP contribution < -0.4 is 10.1 Å². The number of anilines is 1. The van der Waals surface area contributed by atoms with Crippen molar-refractivity contribution in [3.8, 4) is 5.75 Å². The van der Waals surface area contributed by atoms with Crippen molar-refractivity contribution in [1.29, 1.82) is 0 Å². The Morgan fingerprint density at radius 1 is 1.32 bits per heavy atom. The predicted octanol–water partition coefficient (Wildman–Crippen LogP) is 3.48. The normalized spacial score (nSPS) is 10.3. The van der Waals surface area contributed by atoms with Gasteiger partial charge in [0.05, 0.1) is 25.0 Å². The van der Waals surface area contributed by atoms with Crippen molar-refractivity contribution in [3.63, 3.8) is 0 Å². The third kappa shape index (κ3) is 3.44. The first kappa shape index (κ1) is 13.8. The number of methoxy groups -OCH3 is 1. The van der Waals surface area contributed by atoms with Crippen molar-refractivity contribution >= 4 is 21.6 Å². The molecule has 0 atom stereocenters. The number of halogens is 1. The number of aromatic nitrogens is 2. The molecule has 1 heterocycles. The van der Waals surface area contributed by atoms with E-state index in [-0.39, 0.29) is 0 Å². The lowest BCUT2D eigenvalue weighted by Gasteiger charge is -2.14. The van der Waals surface area contributed by atoms with E-state index in [0.717, 1.165) is 33.0 Å². The van der Waals surface area contributed by atoms with E-state index in [1.54, 1.807) is 13.3 Å². The Balaban J connectivity index is 2.19. The second-order valence-electron chi connectivity index (χ2n) is 4.25. The van der Waals surface area contributed by atoms with Crippen LogP contribution in [-0.2, 0) is 6.54 Å². The molecule has 2 rings (SSSR count). The highest BCUT2D eigenvalue weighted by atomic mass is 79.9. The fourth-order valence-electron chi connectivity index (χ4n) is 1.88. The first-order valence-corrected chi connectivity index (χ1v) is 6.76. The van der Waals surface area contributed by atoms with Crippen LogP contribution in [0, 0.1) is 13.8 Å². The molecule has 0 spiro atoms. The molecule has 19 heavy (non-hydrogen) atoms. The van der Waals surface area contributed by atoms with Gasteiger partial charge in [-0.15, -0.1) is 0 Å². The Morgan fingerprint density at radius 3 is 2.79 bits per heavy atom. The molecule has 0 aliphatic rings. The largest absolute Gasteiger partial charge is 0.495 e. The summed E-state index contributed by atoms with van der Waals surface area (Å²) in [6, 6.07) is 5.90. The number of hydrogen-bond donors (Lipinski definition) is 1. The maximum Gasteiger partial charge on any atom is 0.143 e. The quantitative estimate of drug-likeness (QED) is 0.936. The summed E-state index contributed by atoms with van der Waals surface area (Å²) in [5.41, 5.74) is 3.07. The third-order valence-corrected chi connectivity index (χ3v) is 3.22. The fourth-order valence-corrected chi connectivity index (χ4v) is 2.43. The number of benzene rings is 1. The van der Waals surface area contributed by atoms with Gasteiger partial charge in [0, 0.05) is 10.7 Å². The van der Waals surface area contributed by atoms with Gasteiger partial charge in [0.25, 0.3) is 0 Å². The van der Waals surface area contributed by atoms with Crippen LogP contribution in [0.25, 0.3) is 0 Å². The van der Waals surface area contributed by atoms with Gasteiger partial charge in [0.15, 0.2) is 0 Å². The average Bonchev–Trinajstić information content (AvgIpc) is 2.37. The molecule has 2 aromatic rings. The van der Waals surface area contributed by atoms with Crippen molar-refractivity contribution in [2.75, 3.05) is 12.4 Å². The lowest BCUT2D eigenvalue weighted by Crippen LogP contribution is -2.05. The first-order chi connectivity index (χ1) is 9.10. The maximum absolute atomic E-state index is 5.39. The summed E-state index contributed by atoms with van der Waals surface area (Å²) in [5.74, 6) is 1.59. The van der Waals surface area contributed by atoms with E-state index in [2.05, 4.69) is 37.3 Å². The molecule has 0 aliphatic carbocycles. The highest BCUT2D eigenvalue weighted by Gasteiger charge is 2.08. The number of aryl methyl sites for hydroxylation is 2. The smallest absolute Gasteiger partial charge is 0.143 e. The fraction of sp³-hybridized carbons (Fsp3) is 0.286. The molecule has 0 saturated heterocycles. The second-order valence-corrected chi connectivity index (χ2v) is 5.16. The van der Waals surface area contributed by atoms with Gasteiger partial charge < -0.3 is 10.1 Å². The number of rotatable bonds is 4. The lowest BCUT2D eigenvalue weighted by atomic mass is 10.2. The van der Waals surface area contributed by atoms with Crippen molar-refractivity contribution in [2.24, 2.45) is 0 Å². The highest BCUT2D eigenvalue weighted by Crippen LogP contribution is 2.32. The zero-order chi connectivity index (χ0) is 13.8. The molecule has 0 unspecified atom stereocenters. The second kappa shape index (κ2) is 6.02. The summed E-state index contributed by atoms with van der Waals surface area (Å²) in [4.78, 5) is 8.46. The van der Waals surface area contributed by atoms with Crippen molar-refractivity contribution in [2.45, 2.75) is 20.4 Å². The molecule has 1 aromatic heterocycles. The van der Waals surface area contributed by atoms with Crippen LogP contribution in [0.4, 0.5) is 5.69 Å². The summed E-state index contributed by atoms with van der Waals surface area (Å²) < 4.78 is 6.40. The zero-order valence-corrected chi connectivity index (χ0v) is 12.8. The van der Waals surface area contributed by atoms with Gasteiger partial charge in [0.2, 0.25) is 0 Å². The first-order valence-electron chi connectivity index (χ1n) is 5.96. The molecule has 0 bridgehead atoms. The Labute approximate surface area is 121 Å². The van der Waals surface area contributed by atoms with Crippen LogP contribution in [0.15, 0.2) is 28.9 Å². The number of nitrogens with one attached hydrogen (secondary N) is 1. The standard InChI is InChI=1S/C14H16BrN3O/c1-9-6-11(15)7-13(19-3)14(9)17-8-12-4-5-16-10(2)18-12/h4-7,17H,8H2,1-3H3. The van der Waals surface area contributed by atoms with Gasteiger partial charge in [-0.3, -0.25) is 0 Å². The topological polar surface area (TPSA) is 47.0 Å². The Bertz CT molecular complexity index is 587. The maximum atomic E-state index is 5.39. The Kier molecular flexibility index (Phi) is 4.37. The van der Waals surface area contributed by atoms with Gasteiger partial charge in [-0.25, -0.2) is 9.97 Å². The number of nitrogens with zero attached hydrogens (tertiary/aromatic N) is 2. The van der Waals surface area contributed by atoms with Crippen molar-refractivity contribution < 1.29 is 4.74 Å². The Morgan fingerprint density at radius 2 is 2.11 bits per heavy atom. The molecule has 1 aromatic carbocycles. The molecular weight excluding hydrogens is 306 g/mol. The van der Waals surface area contributed by atoms with E-state index in [4.69, 9.17) is 4.74 Å². The van der Waals surface area contributed by atoms with E-state index in [1.165, 1.54) is 0 Å². The van der Waals surface area contributed by atoms with E-state index >= 15 is 0 Å². The number of hydrogen-bond acceptors (Lipinski definition) is 4. The summed E-state index contributed by atoms with van der Waals surface area (Å²) in [6.07, 6.45) is 1.77. The number of ether oxygens (including phenoxy) is 1. The molecular formula is C14H16BrN3O. The predicted molar refractivity (Wildman–Crippen MR) is 79.5 cm³/mol. The molecule has 5 heteroatoms. The van der Waals surface area contributed by atoms with Crippen LogP contribution in [0.3, 0.4) is 0 Å². The van der Waals surface area contributed by atoms with E-state index in [1.807, 2.05) is 26.0 Å². The molecule has 0 amide bonds. The molecule has 0 fully saturated rings.